The van der Waals surface area contributed by atoms with Gasteiger partial charge in [0.2, 0.25) is 10.0 Å². The number of hydrogen-bond donors (Lipinski definition) is 1. The van der Waals surface area contributed by atoms with Gasteiger partial charge in [0.1, 0.15) is 11.1 Å². The highest BCUT2D eigenvalue weighted by atomic mass is 32.2. The van der Waals surface area contributed by atoms with Crippen LogP contribution in [0.2, 0.25) is 0 Å². The van der Waals surface area contributed by atoms with Crippen molar-refractivity contribution in [3.8, 4) is 0 Å². The Labute approximate surface area is 117 Å². The molecule has 1 saturated carbocycles. The fourth-order valence-corrected chi connectivity index (χ4v) is 3.79. The van der Waals surface area contributed by atoms with Crippen LogP contribution >= 0.6 is 0 Å². The van der Waals surface area contributed by atoms with E-state index >= 15 is 0 Å². The van der Waals surface area contributed by atoms with Crippen molar-refractivity contribution in [1.82, 2.24) is 4.72 Å². The molecule has 1 amide bonds. The molecule has 0 saturated heterocycles. The van der Waals surface area contributed by atoms with Gasteiger partial charge in [0.05, 0.1) is 11.3 Å². The van der Waals surface area contributed by atoms with Crippen molar-refractivity contribution in [3.05, 3.63) is 23.8 Å². The second-order valence-corrected chi connectivity index (χ2v) is 7.41. The van der Waals surface area contributed by atoms with E-state index in [0.29, 0.717) is 11.5 Å². The van der Waals surface area contributed by atoms with Gasteiger partial charge < -0.3 is 0 Å². The van der Waals surface area contributed by atoms with Crippen molar-refractivity contribution in [2.45, 2.75) is 37.5 Å². The summed E-state index contributed by atoms with van der Waals surface area (Å²) in [5.41, 5.74) is 0.409. The molecule has 1 atom stereocenters. The van der Waals surface area contributed by atoms with E-state index in [9.17, 15) is 13.2 Å². The van der Waals surface area contributed by atoms with E-state index in [-0.39, 0.29) is 11.1 Å². The fourth-order valence-electron chi connectivity index (χ4n) is 2.16. The molecule has 20 heavy (non-hydrogen) atoms. The third-order valence-electron chi connectivity index (χ3n) is 3.57. The summed E-state index contributed by atoms with van der Waals surface area (Å²) in [6, 6.07) is 0. The van der Waals surface area contributed by atoms with Crippen molar-refractivity contribution < 1.29 is 13.2 Å². The average molecular weight is 293 g/mol. The van der Waals surface area contributed by atoms with Gasteiger partial charge in [-0.15, -0.1) is 0 Å². The van der Waals surface area contributed by atoms with Gasteiger partial charge in [-0.3, -0.25) is 4.79 Å². The summed E-state index contributed by atoms with van der Waals surface area (Å²) in [5, 5.41) is -0.855. The number of nitrogens with one attached hydrogen (secondary N) is 1. The van der Waals surface area contributed by atoms with E-state index in [1.54, 1.807) is 19.1 Å². The number of fused-ring (bicyclic) bond motifs is 1. The van der Waals surface area contributed by atoms with E-state index in [1.165, 1.54) is 6.08 Å². The maximum absolute atomic E-state index is 12.3. The first-order valence-electron chi connectivity index (χ1n) is 6.41. The minimum absolute atomic E-state index is 0.259. The standard InChI is InChI=1S/C13H15N3O3S/c1-8-14-11-4-3-9(7-10(11)12(17)15-8)20(18,19)16-13(2)5-6-13/h3-4,7,9,16H,5-6H2,1-2H3. The Kier molecular flexibility index (Phi) is 2.81. The van der Waals surface area contributed by atoms with Crippen molar-refractivity contribution in [2.75, 3.05) is 0 Å². The van der Waals surface area contributed by atoms with Crippen LogP contribution in [0, 0.1) is 0 Å². The van der Waals surface area contributed by atoms with Crippen LogP contribution in [0.15, 0.2) is 33.8 Å². The molecule has 3 rings (SSSR count). The Balaban J connectivity index is 1.90. The minimum Gasteiger partial charge on any atom is -0.267 e. The predicted molar refractivity (Wildman–Crippen MR) is 76.3 cm³/mol. The summed E-state index contributed by atoms with van der Waals surface area (Å²) in [6.45, 7) is 3.50. The fraction of sp³-hybridized carbons (Fsp3) is 0.462. The van der Waals surface area contributed by atoms with Gasteiger partial charge in [-0.1, -0.05) is 6.08 Å². The normalized spacial score (nSPS) is 27.4. The molecule has 1 heterocycles. The van der Waals surface area contributed by atoms with Crippen LogP contribution in [0.3, 0.4) is 0 Å². The van der Waals surface area contributed by atoms with Crippen LogP contribution in [0.1, 0.15) is 26.7 Å². The van der Waals surface area contributed by atoms with Crippen molar-refractivity contribution >= 4 is 27.5 Å². The van der Waals surface area contributed by atoms with Gasteiger partial charge in [-0.25, -0.2) is 18.1 Å². The zero-order valence-corrected chi connectivity index (χ0v) is 12.1. The Morgan fingerprint density at radius 1 is 1.35 bits per heavy atom. The summed E-state index contributed by atoms with van der Waals surface area (Å²) in [6.07, 6.45) is 6.22. The largest absolute Gasteiger partial charge is 0.280 e. The molecule has 1 fully saturated rings. The number of aliphatic imine (C=N–C) groups is 2. The molecule has 1 unspecified atom stereocenters. The Morgan fingerprint density at radius 2 is 2.05 bits per heavy atom. The molecule has 2 aliphatic carbocycles. The smallest absolute Gasteiger partial charge is 0.267 e. The van der Waals surface area contributed by atoms with Gasteiger partial charge in [0, 0.05) is 5.54 Å². The zero-order chi connectivity index (χ0) is 14.5. The van der Waals surface area contributed by atoms with Crippen molar-refractivity contribution in [1.29, 1.82) is 0 Å². The third-order valence-corrected chi connectivity index (χ3v) is 5.36. The van der Waals surface area contributed by atoms with Crippen LogP contribution < -0.4 is 4.72 Å². The van der Waals surface area contributed by atoms with Crippen LogP contribution in [0.5, 0.6) is 0 Å². The number of carbonyl (C=O) groups is 1. The molecule has 0 aromatic heterocycles. The van der Waals surface area contributed by atoms with E-state index in [4.69, 9.17) is 0 Å². The van der Waals surface area contributed by atoms with Gasteiger partial charge in [-0.05, 0) is 38.8 Å². The molecular weight excluding hydrogens is 278 g/mol. The van der Waals surface area contributed by atoms with Crippen LogP contribution in [0.25, 0.3) is 0 Å². The number of amides is 1. The molecule has 1 N–H and O–H groups in total. The van der Waals surface area contributed by atoms with E-state index < -0.39 is 21.2 Å². The second kappa shape index (κ2) is 4.20. The Morgan fingerprint density at radius 3 is 2.70 bits per heavy atom. The molecule has 0 aromatic carbocycles. The Bertz CT molecular complexity index is 709. The number of carbonyl (C=O) groups excluding carboxylic acids is 1. The summed E-state index contributed by atoms with van der Waals surface area (Å²) in [5.74, 6) is -0.0496. The average Bonchev–Trinajstić information content (AvgIpc) is 3.05. The first-order chi connectivity index (χ1) is 9.29. The summed E-state index contributed by atoms with van der Waals surface area (Å²) in [4.78, 5) is 19.7. The molecule has 106 valence electrons. The first kappa shape index (κ1) is 13.4. The molecule has 1 aliphatic heterocycles. The van der Waals surface area contributed by atoms with Crippen molar-refractivity contribution in [3.63, 3.8) is 0 Å². The minimum atomic E-state index is -3.53. The number of rotatable bonds is 3. The number of amidine groups is 1. The molecular formula is C13H15N3O3S. The number of allylic oxidation sites excluding steroid dienone is 1. The molecule has 6 nitrogen and oxygen atoms in total. The maximum atomic E-state index is 12.3. The van der Waals surface area contributed by atoms with E-state index in [0.717, 1.165) is 12.8 Å². The second-order valence-electron chi connectivity index (χ2n) is 5.57. The van der Waals surface area contributed by atoms with Crippen LogP contribution in [-0.4, -0.2) is 36.7 Å². The van der Waals surface area contributed by atoms with E-state index in [1.807, 2.05) is 6.92 Å². The number of nitrogens with zero attached hydrogens (tertiary/aromatic N) is 2. The van der Waals surface area contributed by atoms with Crippen LogP contribution in [0.4, 0.5) is 0 Å². The van der Waals surface area contributed by atoms with Crippen molar-refractivity contribution in [2.24, 2.45) is 9.98 Å². The van der Waals surface area contributed by atoms with Gasteiger partial charge in [0.25, 0.3) is 5.91 Å². The predicted octanol–water partition coefficient (Wildman–Crippen LogP) is 0.723. The topological polar surface area (TPSA) is 88.0 Å². The molecule has 3 aliphatic rings. The first-order valence-corrected chi connectivity index (χ1v) is 7.95. The molecule has 0 radical (unpaired) electrons. The highest BCUT2D eigenvalue weighted by Crippen LogP contribution is 2.36. The monoisotopic (exact) mass is 293 g/mol. The summed E-state index contributed by atoms with van der Waals surface area (Å²) >= 11 is 0. The summed E-state index contributed by atoms with van der Waals surface area (Å²) in [7, 11) is -3.53. The highest BCUT2D eigenvalue weighted by molar-refractivity contribution is 7.90. The van der Waals surface area contributed by atoms with Gasteiger partial charge >= 0.3 is 0 Å². The lowest BCUT2D eigenvalue weighted by Crippen LogP contribution is -2.41. The zero-order valence-electron chi connectivity index (χ0n) is 11.3. The SMILES string of the molecule is CC1=NC(=O)C2=CC(S(=O)(=O)NC3(C)CC3)C=CC2=N1. The van der Waals surface area contributed by atoms with E-state index in [2.05, 4.69) is 14.7 Å². The Hall–Kier alpha value is -1.60. The lowest BCUT2D eigenvalue weighted by molar-refractivity contribution is -0.113. The summed E-state index contributed by atoms with van der Waals surface area (Å²) < 4.78 is 27.3. The quantitative estimate of drug-likeness (QED) is 0.831. The lowest BCUT2D eigenvalue weighted by Gasteiger charge is -2.20. The number of hydrogen-bond acceptors (Lipinski definition) is 4. The van der Waals surface area contributed by atoms with Gasteiger partial charge in [0.15, 0.2) is 0 Å². The highest BCUT2D eigenvalue weighted by Gasteiger charge is 2.43. The number of sulfonamides is 1. The molecule has 0 bridgehead atoms. The molecule has 0 aromatic rings. The van der Waals surface area contributed by atoms with Gasteiger partial charge in [-0.2, -0.15) is 4.99 Å². The maximum Gasteiger partial charge on any atom is 0.280 e. The molecule has 0 spiro atoms. The lowest BCUT2D eigenvalue weighted by atomic mass is 10.0. The molecule has 7 heteroatoms. The van der Waals surface area contributed by atoms with Crippen LogP contribution in [-0.2, 0) is 14.8 Å². The third kappa shape index (κ3) is 2.38.